The van der Waals surface area contributed by atoms with Gasteiger partial charge in [0, 0.05) is 12.1 Å². The summed E-state index contributed by atoms with van der Waals surface area (Å²) in [5, 5.41) is 0.672. The minimum Gasteiger partial charge on any atom is -0.493 e. The number of methoxy groups -OCH3 is 1. The maximum Gasteiger partial charge on any atom is 0.332 e. The van der Waals surface area contributed by atoms with Gasteiger partial charge in [-0.2, -0.15) is 13.4 Å². The number of ether oxygens (including phenoxy) is 2. The molecular formula is C25H22Cl2FN5O6S2. The van der Waals surface area contributed by atoms with Crippen LogP contribution < -0.4 is 25.7 Å². The van der Waals surface area contributed by atoms with Gasteiger partial charge in [-0.3, -0.25) is 0 Å². The van der Waals surface area contributed by atoms with Crippen molar-refractivity contribution >= 4 is 55.2 Å². The topological polar surface area (TPSA) is 177 Å². The first kappa shape index (κ1) is 30.3. The van der Waals surface area contributed by atoms with Crippen molar-refractivity contribution in [1.29, 1.82) is 0 Å². The van der Waals surface area contributed by atoms with Crippen LogP contribution in [0, 0.1) is 0 Å². The summed E-state index contributed by atoms with van der Waals surface area (Å²) in [7, 11) is -7.57. The van der Waals surface area contributed by atoms with Gasteiger partial charge in [0.25, 0.3) is 0 Å². The Morgan fingerprint density at radius 2 is 1.56 bits per heavy atom. The number of nitrogen functional groups attached to an aromatic ring is 2. The van der Waals surface area contributed by atoms with Gasteiger partial charge in [0.15, 0.2) is 11.5 Å². The first-order valence-electron chi connectivity index (χ1n) is 11.5. The number of rotatable bonds is 10. The SMILES string of the molecule is COc1cc(CNS(=O)(=O)c2ccc(S(=O)(=O)F)cc2)ccc1OCc1nc(N)nc(N)c1-c1ccc(Cl)c(Cl)c1. The molecule has 0 saturated carbocycles. The number of sulfonamides is 1. The second-order valence-electron chi connectivity index (χ2n) is 8.43. The van der Waals surface area contributed by atoms with Gasteiger partial charge < -0.3 is 20.9 Å². The normalized spacial score (nSPS) is 11.8. The van der Waals surface area contributed by atoms with E-state index in [9.17, 15) is 20.7 Å². The molecule has 1 aromatic heterocycles. The van der Waals surface area contributed by atoms with Crippen LogP contribution in [-0.2, 0) is 33.4 Å². The van der Waals surface area contributed by atoms with Gasteiger partial charge in [-0.05, 0) is 59.7 Å². The highest BCUT2D eigenvalue weighted by Crippen LogP contribution is 2.35. The van der Waals surface area contributed by atoms with Gasteiger partial charge in [0.2, 0.25) is 16.0 Å². The van der Waals surface area contributed by atoms with Crippen molar-refractivity contribution in [1.82, 2.24) is 14.7 Å². The highest BCUT2D eigenvalue weighted by molar-refractivity contribution is 7.89. The van der Waals surface area contributed by atoms with Crippen LogP contribution >= 0.6 is 23.2 Å². The first-order chi connectivity index (χ1) is 19.3. The van der Waals surface area contributed by atoms with Gasteiger partial charge in [-0.1, -0.05) is 35.3 Å². The standard InChI is InChI=1S/C25H22Cl2FN5O6S2/c1-38-22-10-14(12-31-41(36,37)17-6-4-16(5-7-17)40(28,34)35)2-9-21(22)39-13-20-23(24(29)33-25(30)32-20)15-3-8-18(26)19(27)11-15/h2-11,31H,12-13H2,1H3,(H4,29,30,32,33). The Morgan fingerprint density at radius 1 is 0.878 bits per heavy atom. The summed E-state index contributed by atoms with van der Waals surface area (Å²) < 4.78 is 74.1. The van der Waals surface area contributed by atoms with Crippen molar-refractivity contribution in [3.63, 3.8) is 0 Å². The van der Waals surface area contributed by atoms with Gasteiger partial charge in [-0.15, -0.1) is 3.89 Å². The van der Waals surface area contributed by atoms with E-state index < -0.39 is 25.1 Å². The molecule has 0 radical (unpaired) electrons. The second-order valence-corrected chi connectivity index (χ2v) is 12.4. The highest BCUT2D eigenvalue weighted by Gasteiger charge is 2.19. The van der Waals surface area contributed by atoms with Gasteiger partial charge >= 0.3 is 10.2 Å². The molecule has 16 heteroatoms. The van der Waals surface area contributed by atoms with E-state index in [0.29, 0.717) is 43.9 Å². The van der Waals surface area contributed by atoms with Gasteiger partial charge in [0.05, 0.1) is 32.6 Å². The average molecular weight is 643 g/mol. The molecule has 5 N–H and O–H groups in total. The number of hydrogen-bond donors (Lipinski definition) is 3. The van der Waals surface area contributed by atoms with Gasteiger partial charge in [-0.25, -0.2) is 18.1 Å². The fraction of sp³-hybridized carbons (Fsp3) is 0.120. The van der Waals surface area contributed by atoms with Crippen molar-refractivity contribution in [2.45, 2.75) is 22.9 Å². The molecule has 0 atom stereocenters. The number of aromatic nitrogens is 2. The molecule has 11 nitrogen and oxygen atoms in total. The summed E-state index contributed by atoms with van der Waals surface area (Å²) >= 11 is 12.2. The quantitative estimate of drug-likeness (QED) is 0.211. The molecule has 0 amide bonds. The lowest BCUT2D eigenvalue weighted by molar-refractivity contribution is 0.281. The third kappa shape index (κ3) is 7.15. The summed E-state index contributed by atoms with van der Waals surface area (Å²) in [4.78, 5) is 7.41. The Balaban J connectivity index is 1.51. The lowest BCUT2D eigenvalue weighted by Crippen LogP contribution is -2.23. The summed E-state index contributed by atoms with van der Waals surface area (Å²) in [5.41, 5.74) is 13.9. The van der Waals surface area contributed by atoms with E-state index in [1.807, 2.05) is 0 Å². The Morgan fingerprint density at radius 3 is 2.20 bits per heavy atom. The predicted octanol–water partition coefficient (Wildman–Crippen LogP) is 4.34. The van der Waals surface area contributed by atoms with E-state index in [2.05, 4.69) is 14.7 Å². The highest BCUT2D eigenvalue weighted by atomic mass is 35.5. The summed E-state index contributed by atoms with van der Waals surface area (Å²) in [5.74, 6) is 0.675. The molecule has 0 spiro atoms. The number of anilines is 2. The zero-order valence-electron chi connectivity index (χ0n) is 21.1. The van der Waals surface area contributed by atoms with Crippen LogP contribution in [0.2, 0.25) is 10.0 Å². The number of nitrogens with two attached hydrogens (primary N) is 2. The third-order valence-electron chi connectivity index (χ3n) is 5.71. The maximum atomic E-state index is 13.1. The van der Waals surface area contributed by atoms with Crippen molar-refractivity contribution < 1.29 is 30.2 Å². The fourth-order valence-corrected chi connectivity index (χ4v) is 5.52. The van der Waals surface area contributed by atoms with E-state index in [1.165, 1.54) is 7.11 Å². The molecule has 1 heterocycles. The molecule has 4 aromatic rings. The maximum absolute atomic E-state index is 13.1. The number of nitrogens with one attached hydrogen (secondary N) is 1. The van der Waals surface area contributed by atoms with Gasteiger partial charge in [0.1, 0.15) is 12.4 Å². The molecular weight excluding hydrogens is 620 g/mol. The van der Waals surface area contributed by atoms with Crippen molar-refractivity contribution in [3.8, 4) is 22.6 Å². The molecule has 4 rings (SSSR count). The van der Waals surface area contributed by atoms with E-state index >= 15 is 0 Å². The molecule has 0 saturated heterocycles. The average Bonchev–Trinajstić information content (AvgIpc) is 2.92. The Bertz CT molecular complexity index is 1830. The smallest absolute Gasteiger partial charge is 0.332 e. The zero-order valence-corrected chi connectivity index (χ0v) is 24.3. The number of hydrogen-bond acceptors (Lipinski definition) is 10. The lowest BCUT2D eigenvalue weighted by Gasteiger charge is -2.16. The lowest BCUT2D eigenvalue weighted by atomic mass is 10.0. The summed E-state index contributed by atoms with van der Waals surface area (Å²) in [6, 6.07) is 13.4. The monoisotopic (exact) mass is 641 g/mol. The van der Waals surface area contributed by atoms with Crippen LogP contribution in [0.1, 0.15) is 11.3 Å². The largest absolute Gasteiger partial charge is 0.493 e. The Labute approximate surface area is 245 Å². The Hall–Kier alpha value is -3.69. The Kier molecular flexibility index (Phi) is 8.89. The molecule has 0 aliphatic rings. The number of benzene rings is 3. The van der Waals surface area contributed by atoms with Crippen LogP contribution in [0.15, 0.2) is 70.5 Å². The molecule has 0 unspecified atom stereocenters. The summed E-state index contributed by atoms with van der Waals surface area (Å²) in [6.45, 7) is -0.220. The van der Waals surface area contributed by atoms with E-state index in [1.54, 1.807) is 36.4 Å². The van der Waals surface area contributed by atoms with E-state index in [-0.39, 0.29) is 29.8 Å². The molecule has 0 aliphatic heterocycles. The zero-order chi connectivity index (χ0) is 29.9. The number of nitrogens with zero attached hydrogens (tertiary/aromatic N) is 2. The van der Waals surface area contributed by atoms with Crippen LogP contribution in [0.5, 0.6) is 11.5 Å². The molecule has 0 aliphatic carbocycles. The fourth-order valence-electron chi connectivity index (χ4n) is 3.75. The first-order valence-corrected chi connectivity index (χ1v) is 15.1. The molecule has 0 bridgehead atoms. The van der Waals surface area contributed by atoms with Crippen LogP contribution in [0.3, 0.4) is 0 Å². The molecule has 41 heavy (non-hydrogen) atoms. The number of halogens is 3. The predicted molar refractivity (Wildman–Crippen MR) is 152 cm³/mol. The van der Waals surface area contributed by atoms with Crippen molar-refractivity contribution in [2.75, 3.05) is 18.6 Å². The minimum absolute atomic E-state index is 0.0551. The van der Waals surface area contributed by atoms with Crippen molar-refractivity contribution in [2.24, 2.45) is 0 Å². The van der Waals surface area contributed by atoms with Crippen LogP contribution in [0.4, 0.5) is 15.7 Å². The van der Waals surface area contributed by atoms with E-state index in [4.69, 9.17) is 44.1 Å². The van der Waals surface area contributed by atoms with Crippen molar-refractivity contribution in [3.05, 3.63) is 82.0 Å². The third-order valence-corrected chi connectivity index (χ3v) is 8.70. The minimum atomic E-state index is -4.95. The molecule has 0 fully saturated rings. The molecule has 216 valence electrons. The van der Waals surface area contributed by atoms with Crippen LogP contribution in [-0.4, -0.2) is 33.9 Å². The summed E-state index contributed by atoms with van der Waals surface area (Å²) in [6.07, 6.45) is 0. The van der Waals surface area contributed by atoms with Crippen LogP contribution in [0.25, 0.3) is 11.1 Å². The second kappa shape index (κ2) is 12.0. The van der Waals surface area contributed by atoms with E-state index in [0.717, 1.165) is 24.3 Å². The molecule has 3 aromatic carbocycles.